The molecule has 2 saturated carbocycles. The van der Waals surface area contributed by atoms with E-state index in [-0.39, 0.29) is 96.2 Å². The van der Waals surface area contributed by atoms with E-state index in [0.717, 1.165) is 16.9 Å². The van der Waals surface area contributed by atoms with Gasteiger partial charge in [-0.05, 0) is 117 Å². The summed E-state index contributed by atoms with van der Waals surface area (Å²) < 4.78 is 30.6. The Morgan fingerprint density at radius 1 is 0.725 bits per heavy atom. The van der Waals surface area contributed by atoms with Gasteiger partial charge in [-0.1, -0.05) is 24.3 Å². The number of hydrogen-bond donors (Lipinski definition) is 4. The van der Waals surface area contributed by atoms with Crippen LogP contribution in [0.5, 0.6) is 17.2 Å². The van der Waals surface area contributed by atoms with Gasteiger partial charge in [-0.3, -0.25) is 29.0 Å². The Labute approximate surface area is 406 Å². The molecule has 0 spiro atoms. The molecule has 0 radical (unpaired) electrons. The molecule has 4 heterocycles. The summed E-state index contributed by atoms with van der Waals surface area (Å²) in [5.41, 5.74) is 12.2. The number of rotatable bonds is 19. The average molecular weight is 955 g/mol. The van der Waals surface area contributed by atoms with Crippen LogP contribution in [-0.4, -0.2) is 114 Å². The number of benzene rings is 2. The SMILES string of the molecule is COCC[C@H]([C@@H]1C[C@H]1C(=O)NC1CC(C)(CCCOc2cccc3c2C(NC(=O)[C@@H]2C[C@H]2[C@@H](CCOC)N2C(=O)CC(C)(C)N=C2N)CC(C)(C)O3)Oc2ccccc21)N1C(=O)CC(C)(C)N=C1N. The number of methoxy groups -OCH3 is 2. The van der Waals surface area contributed by atoms with Crippen molar-refractivity contribution in [3.05, 3.63) is 53.6 Å². The van der Waals surface area contributed by atoms with Crippen LogP contribution in [0.15, 0.2) is 52.4 Å². The normalized spacial score (nSPS) is 29.2. The standard InChI is InChI=1S/C52H74N8O9/c1-49(2)28-42(61)59(47(53)57-49)37(18-22-65-8)31-24-33(31)45(63)55-35-27-52(7,69-39-15-11-10-14-30(35)39)20-13-21-67-40-16-12-17-41-44(40)36(26-51(5,6)68-41)56-46(64)34-25-32(34)38(19-23-66-9)60-43(62)29-50(3,4)58-48(60)54/h10-12,14-17,31-38H,13,18-29H2,1-9H3,(H2,53,57)(H2,54,58)(H,55,63)(H,56,64)/t31-,32-,33-,34-,35?,36?,37-,38-,52?/m1/s1. The number of ether oxygens (including phenoxy) is 5. The zero-order chi connectivity index (χ0) is 49.6. The lowest BCUT2D eigenvalue weighted by atomic mass is 9.85. The first-order valence-electron chi connectivity index (χ1n) is 24.8. The van der Waals surface area contributed by atoms with Crippen molar-refractivity contribution < 1.29 is 42.9 Å². The van der Waals surface area contributed by atoms with Crippen LogP contribution in [0, 0.1) is 23.7 Å². The molecule has 4 amide bonds. The third kappa shape index (κ3) is 11.1. The van der Waals surface area contributed by atoms with E-state index in [4.69, 9.17) is 35.2 Å². The maximum absolute atomic E-state index is 14.2. The fourth-order valence-corrected chi connectivity index (χ4v) is 11.4. The molecule has 6 aliphatic rings. The van der Waals surface area contributed by atoms with Crippen LogP contribution in [-0.2, 0) is 28.7 Å². The molecular formula is C52H74N8O9. The minimum atomic E-state index is -0.620. The van der Waals surface area contributed by atoms with E-state index in [1.807, 2.05) is 84.0 Å². The van der Waals surface area contributed by atoms with Crippen molar-refractivity contribution in [2.24, 2.45) is 45.1 Å². The highest BCUT2D eigenvalue weighted by molar-refractivity contribution is 6.00. The number of hydrogen-bond acceptors (Lipinski definition) is 13. The lowest BCUT2D eigenvalue weighted by Crippen LogP contribution is -2.55. The van der Waals surface area contributed by atoms with E-state index in [0.29, 0.717) is 82.7 Å². The van der Waals surface area contributed by atoms with Gasteiger partial charge < -0.3 is 45.8 Å². The Kier molecular flexibility index (Phi) is 14.1. The number of nitrogens with one attached hydrogen (secondary N) is 2. The second-order valence-corrected chi connectivity index (χ2v) is 22.3. The van der Waals surface area contributed by atoms with Crippen LogP contribution in [0.3, 0.4) is 0 Å². The van der Waals surface area contributed by atoms with E-state index < -0.39 is 22.3 Å². The summed E-state index contributed by atoms with van der Waals surface area (Å²) in [6.45, 7) is 14.9. The fraction of sp³-hybridized carbons (Fsp3) is 0.654. The molecule has 17 nitrogen and oxygen atoms in total. The van der Waals surface area contributed by atoms with Crippen molar-refractivity contribution in [1.82, 2.24) is 20.4 Å². The first-order chi connectivity index (χ1) is 32.6. The molecular weight excluding hydrogens is 881 g/mol. The van der Waals surface area contributed by atoms with E-state index in [1.165, 1.54) is 0 Å². The van der Waals surface area contributed by atoms with Crippen molar-refractivity contribution >= 4 is 35.5 Å². The second kappa shape index (κ2) is 19.4. The number of amides is 4. The van der Waals surface area contributed by atoms with Gasteiger partial charge >= 0.3 is 0 Å². The Hall–Kier alpha value is -5.42. The van der Waals surface area contributed by atoms with Crippen molar-refractivity contribution in [1.29, 1.82) is 0 Å². The predicted octanol–water partition coefficient (Wildman–Crippen LogP) is 5.70. The van der Waals surface area contributed by atoms with Gasteiger partial charge in [0.15, 0.2) is 11.9 Å². The maximum Gasteiger partial charge on any atom is 0.231 e. The largest absolute Gasteiger partial charge is 0.493 e. The van der Waals surface area contributed by atoms with E-state index >= 15 is 0 Å². The Morgan fingerprint density at radius 3 is 1.81 bits per heavy atom. The fourth-order valence-electron chi connectivity index (χ4n) is 11.4. The Morgan fingerprint density at radius 2 is 1.26 bits per heavy atom. The van der Waals surface area contributed by atoms with Gasteiger partial charge in [0.1, 0.15) is 28.5 Å². The molecule has 376 valence electrons. The monoisotopic (exact) mass is 955 g/mol. The molecule has 4 aliphatic heterocycles. The predicted molar refractivity (Wildman–Crippen MR) is 260 cm³/mol. The van der Waals surface area contributed by atoms with E-state index in [9.17, 15) is 19.2 Å². The number of fused-ring (bicyclic) bond motifs is 2. The van der Waals surface area contributed by atoms with Crippen LogP contribution >= 0.6 is 0 Å². The highest BCUT2D eigenvalue weighted by Crippen LogP contribution is 2.50. The number of nitrogens with zero attached hydrogens (tertiary/aromatic N) is 4. The summed E-state index contributed by atoms with van der Waals surface area (Å²) in [6.07, 6.45) is 5.20. The van der Waals surface area contributed by atoms with Crippen molar-refractivity contribution in [2.75, 3.05) is 34.0 Å². The zero-order valence-electron chi connectivity index (χ0n) is 42.0. The molecule has 0 bridgehead atoms. The highest BCUT2D eigenvalue weighted by atomic mass is 16.5. The topological polar surface area (TPSA) is 222 Å². The molecule has 2 fully saturated rings. The van der Waals surface area contributed by atoms with Crippen molar-refractivity contribution in [3.8, 4) is 17.2 Å². The Bertz CT molecular complexity index is 2350. The van der Waals surface area contributed by atoms with Gasteiger partial charge in [-0.15, -0.1) is 0 Å². The lowest BCUT2D eigenvalue weighted by Gasteiger charge is -2.40. The molecule has 3 unspecified atom stereocenters. The van der Waals surface area contributed by atoms with Crippen molar-refractivity contribution in [2.45, 2.75) is 159 Å². The summed E-state index contributed by atoms with van der Waals surface area (Å²) in [5, 5.41) is 6.73. The molecule has 8 rings (SSSR count). The van der Waals surface area contributed by atoms with Crippen LogP contribution in [0.1, 0.15) is 136 Å². The first-order valence-corrected chi connectivity index (χ1v) is 24.8. The van der Waals surface area contributed by atoms with Gasteiger partial charge in [-0.2, -0.15) is 0 Å². The minimum Gasteiger partial charge on any atom is -0.493 e. The minimum absolute atomic E-state index is 0.0560. The van der Waals surface area contributed by atoms with Gasteiger partial charge in [0, 0.05) is 69.8 Å². The number of carbonyl (C=O) groups excluding carboxylic acids is 4. The van der Waals surface area contributed by atoms with Crippen LogP contribution in [0.4, 0.5) is 0 Å². The molecule has 6 N–H and O–H groups in total. The first kappa shape index (κ1) is 50.0. The molecule has 69 heavy (non-hydrogen) atoms. The number of nitrogens with two attached hydrogens (primary N) is 2. The van der Waals surface area contributed by atoms with Gasteiger partial charge in [0.25, 0.3) is 0 Å². The molecule has 0 saturated heterocycles. The quantitative estimate of drug-likeness (QED) is 0.125. The molecule has 2 aliphatic carbocycles. The van der Waals surface area contributed by atoms with Crippen LogP contribution in [0.2, 0.25) is 0 Å². The van der Waals surface area contributed by atoms with Gasteiger partial charge in [0.05, 0.1) is 48.2 Å². The number of aliphatic imine (C=N–C) groups is 2. The number of para-hydroxylation sites is 1. The molecule has 17 heteroatoms. The molecule has 2 aromatic carbocycles. The van der Waals surface area contributed by atoms with Crippen molar-refractivity contribution in [3.63, 3.8) is 0 Å². The summed E-state index contributed by atoms with van der Waals surface area (Å²) >= 11 is 0. The summed E-state index contributed by atoms with van der Waals surface area (Å²) in [4.78, 5) is 67.5. The smallest absolute Gasteiger partial charge is 0.231 e. The van der Waals surface area contributed by atoms with E-state index in [1.54, 1.807) is 24.0 Å². The highest BCUT2D eigenvalue weighted by Gasteiger charge is 2.54. The van der Waals surface area contributed by atoms with Crippen LogP contribution in [0.25, 0.3) is 0 Å². The number of carbonyl (C=O) groups is 4. The summed E-state index contributed by atoms with van der Waals surface area (Å²) in [7, 11) is 3.25. The average Bonchev–Trinajstić information content (AvgIpc) is 4.19. The number of guanidine groups is 2. The van der Waals surface area contributed by atoms with Gasteiger partial charge in [-0.25, -0.2) is 9.98 Å². The molecule has 2 aromatic rings. The zero-order valence-corrected chi connectivity index (χ0v) is 42.0. The molecule has 0 aromatic heterocycles. The Balaban J connectivity index is 0.906. The summed E-state index contributed by atoms with van der Waals surface area (Å²) in [5.74, 6) is 1.34. The van der Waals surface area contributed by atoms with Crippen LogP contribution < -0.4 is 36.3 Å². The molecule has 9 atom stereocenters. The second-order valence-electron chi connectivity index (χ2n) is 22.3. The lowest BCUT2D eigenvalue weighted by molar-refractivity contribution is -0.133. The maximum atomic E-state index is 14.2. The third-order valence-corrected chi connectivity index (χ3v) is 14.8. The van der Waals surface area contributed by atoms with E-state index in [2.05, 4.69) is 27.5 Å². The summed E-state index contributed by atoms with van der Waals surface area (Å²) in [6, 6.07) is 12.3. The third-order valence-electron chi connectivity index (χ3n) is 14.8. The van der Waals surface area contributed by atoms with Gasteiger partial charge in [0.2, 0.25) is 23.6 Å².